The molecule has 0 saturated carbocycles. The summed E-state index contributed by atoms with van der Waals surface area (Å²) in [5, 5.41) is 10.4. The highest BCUT2D eigenvalue weighted by Gasteiger charge is 2.18. The van der Waals surface area contributed by atoms with Gasteiger partial charge in [-0.15, -0.1) is 0 Å². The zero-order chi connectivity index (χ0) is 18.4. The van der Waals surface area contributed by atoms with E-state index in [1.165, 1.54) is 6.07 Å². The summed E-state index contributed by atoms with van der Waals surface area (Å²) in [5.41, 5.74) is 1.36. The maximum atomic E-state index is 11.5. The fourth-order valence-electron chi connectivity index (χ4n) is 2.21. The van der Waals surface area contributed by atoms with E-state index in [2.05, 4.69) is 0 Å². The van der Waals surface area contributed by atoms with Crippen molar-refractivity contribution in [2.24, 2.45) is 0 Å². The minimum absolute atomic E-state index is 0.0571. The highest BCUT2D eigenvalue weighted by molar-refractivity contribution is 6.35. The molecule has 0 saturated heterocycles. The minimum atomic E-state index is -1.08. The largest absolute Gasteiger partial charge is 0.491 e. The van der Waals surface area contributed by atoms with Gasteiger partial charge in [-0.25, -0.2) is 4.79 Å². The summed E-state index contributed by atoms with van der Waals surface area (Å²) in [6.45, 7) is 2.63. The summed E-state index contributed by atoms with van der Waals surface area (Å²) >= 11 is 12.0. The summed E-state index contributed by atoms with van der Waals surface area (Å²) in [7, 11) is 1.58. The number of hydrogen-bond acceptors (Lipinski definition) is 4. The molecule has 5 nitrogen and oxygen atoms in total. The number of aromatic carboxylic acids is 1. The van der Waals surface area contributed by atoms with Crippen molar-refractivity contribution in [3.8, 4) is 11.5 Å². The molecule has 0 atom stereocenters. The van der Waals surface area contributed by atoms with Gasteiger partial charge in [0.25, 0.3) is 0 Å². The molecule has 134 valence electrons. The molecule has 0 aliphatic rings. The Labute approximate surface area is 156 Å². The number of carboxylic acid groups (broad SMARTS) is 1. The van der Waals surface area contributed by atoms with Gasteiger partial charge >= 0.3 is 5.97 Å². The number of ether oxygens (including phenoxy) is 3. The second kappa shape index (κ2) is 8.94. The van der Waals surface area contributed by atoms with E-state index in [1.54, 1.807) is 38.3 Å². The molecular formula is C18H18Cl2O5. The molecule has 2 aromatic carbocycles. The van der Waals surface area contributed by atoms with E-state index >= 15 is 0 Å². The molecule has 0 spiro atoms. The Kier molecular flexibility index (Phi) is 6.93. The van der Waals surface area contributed by atoms with Crippen molar-refractivity contribution < 1.29 is 24.1 Å². The average Bonchev–Trinajstić information content (AvgIpc) is 2.56. The predicted octanol–water partition coefficient (Wildman–Crippen LogP) is 4.60. The van der Waals surface area contributed by atoms with Crippen molar-refractivity contribution in [3.05, 3.63) is 57.1 Å². The number of carboxylic acids is 1. The van der Waals surface area contributed by atoms with E-state index < -0.39 is 5.97 Å². The van der Waals surface area contributed by atoms with Crippen LogP contribution < -0.4 is 9.47 Å². The lowest BCUT2D eigenvalue weighted by Crippen LogP contribution is -2.09. The van der Waals surface area contributed by atoms with E-state index in [0.717, 1.165) is 0 Å². The molecule has 0 bridgehead atoms. The second-order valence-corrected chi connectivity index (χ2v) is 6.08. The van der Waals surface area contributed by atoms with Crippen LogP contribution >= 0.6 is 23.2 Å². The van der Waals surface area contributed by atoms with Gasteiger partial charge in [-0.1, -0.05) is 29.3 Å². The third-order valence-corrected chi connectivity index (χ3v) is 4.11. The summed E-state index contributed by atoms with van der Waals surface area (Å²) < 4.78 is 16.3. The average molecular weight is 385 g/mol. The molecule has 7 heteroatoms. The van der Waals surface area contributed by atoms with Crippen molar-refractivity contribution in [1.82, 2.24) is 0 Å². The van der Waals surface area contributed by atoms with Gasteiger partial charge in [0.15, 0.2) is 0 Å². The molecule has 0 radical (unpaired) electrons. The van der Waals surface area contributed by atoms with Gasteiger partial charge < -0.3 is 19.3 Å². The fourth-order valence-corrected chi connectivity index (χ4v) is 2.67. The van der Waals surface area contributed by atoms with Gasteiger partial charge in [-0.2, -0.15) is 0 Å². The monoisotopic (exact) mass is 384 g/mol. The first-order valence-corrected chi connectivity index (χ1v) is 8.25. The van der Waals surface area contributed by atoms with Crippen LogP contribution in [0.1, 0.15) is 21.5 Å². The van der Waals surface area contributed by atoms with Crippen molar-refractivity contribution in [2.75, 3.05) is 20.3 Å². The Hall–Kier alpha value is -1.95. The van der Waals surface area contributed by atoms with Crippen molar-refractivity contribution in [3.63, 3.8) is 0 Å². The zero-order valence-electron chi connectivity index (χ0n) is 13.8. The highest BCUT2D eigenvalue weighted by atomic mass is 35.5. The van der Waals surface area contributed by atoms with Gasteiger partial charge in [0.1, 0.15) is 30.3 Å². The van der Waals surface area contributed by atoms with Crippen molar-refractivity contribution in [2.45, 2.75) is 13.5 Å². The molecule has 1 N–H and O–H groups in total. The van der Waals surface area contributed by atoms with Gasteiger partial charge in [-0.05, 0) is 31.2 Å². The van der Waals surface area contributed by atoms with Crippen LogP contribution in [0.15, 0.2) is 30.3 Å². The van der Waals surface area contributed by atoms with Crippen molar-refractivity contribution >= 4 is 29.2 Å². The van der Waals surface area contributed by atoms with Crippen LogP contribution in [0.2, 0.25) is 10.0 Å². The number of hydrogen-bond donors (Lipinski definition) is 1. The first-order chi connectivity index (χ1) is 11.9. The maximum Gasteiger partial charge on any atom is 0.339 e. The molecule has 0 heterocycles. The van der Waals surface area contributed by atoms with Crippen LogP contribution in [0.4, 0.5) is 0 Å². The number of carbonyl (C=O) groups is 1. The number of methoxy groups -OCH3 is 1. The standard InChI is InChI=1S/C18H18Cl2O5/c1-11-16(24-8-7-23-2)6-5-14(18(21)22)17(11)25-10-12-3-4-13(19)9-15(12)20/h3-6,9H,7-8,10H2,1-2H3,(H,21,22). The van der Waals surface area contributed by atoms with Gasteiger partial charge in [0, 0.05) is 28.3 Å². The highest BCUT2D eigenvalue weighted by Crippen LogP contribution is 2.33. The van der Waals surface area contributed by atoms with E-state index in [-0.39, 0.29) is 17.9 Å². The molecule has 2 rings (SSSR count). The van der Waals surface area contributed by atoms with Crippen LogP contribution in [-0.2, 0) is 11.3 Å². The van der Waals surface area contributed by atoms with Crippen LogP contribution in [0.5, 0.6) is 11.5 Å². The van der Waals surface area contributed by atoms with Crippen molar-refractivity contribution in [1.29, 1.82) is 0 Å². The Morgan fingerprint density at radius 3 is 2.52 bits per heavy atom. The molecule has 2 aromatic rings. The van der Waals surface area contributed by atoms with Gasteiger partial charge in [0.05, 0.1) is 6.61 Å². The number of rotatable bonds is 8. The predicted molar refractivity (Wildman–Crippen MR) is 96.3 cm³/mol. The molecule has 0 amide bonds. The first-order valence-electron chi connectivity index (χ1n) is 7.49. The van der Waals surface area contributed by atoms with Crippen LogP contribution in [0.3, 0.4) is 0 Å². The van der Waals surface area contributed by atoms with E-state index in [0.29, 0.717) is 40.1 Å². The molecule has 0 aromatic heterocycles. The number of halogens is 2. The lowest BCUT2D eigenvalue weighted by atomic mass is 10.1. The quantitative estimate of drug-likeness (QED) is 0.673. The Balaban J connectivity index is 2.26. The van der Waals surface area contributed by atoms with E-state index in [9.17, 15) is 9.90 Å². The van der Waals surface area contributed by atoms with Crippen LogP contribution in [0, 0.1) is 6.92 Å². The van der Waals surface area contributed by atoms with Gasteiger partial charge in [0.2, 0.25) is 0 Å². The Morgan fingerprint density at radius 1 is 1.12 bits per heavy atom. The second-order valence-electron chi connectivity index (χ2n) is 5.24. The summed E-state index contributed by atoms with van der Waals surface area (Å²) in [4.78, 5) is 11.5. The SMILES string of the molecule is COCCOc1ccc(C(=O)O)c(OCc2ccc(Cl)cc2Cl)c1C. The smallest absolute Gasteiger partial charge is 0.339 e. The zero-order valence-corrected chi connectivity index (χ0v) is 15.4. The Morgan fingerprint density at radius 2 is 1.88 bits per heavy atom. The van der Waals surface area contributed by atoms with E-state index in [4.69, 9.17) is 37.4 Å². The van der Waals surface area contributed by atoms with Gasteiger partial charge in [-0.3, -0.25) is 0 Å². The minimum Gasteiger partial charge on any atom is -0.491 e. The third-order valence-electron chi connectivity index (χ3n) is 3.52. The topological polar surface area (TPSA) is 65.0 Å². The molecule has 0 aliphatic carbocycles. The summed E-state index contributed by atoms with van der Waals surface area (Å²) in [6.07, 6.45) is 0. The number of benzene rings is 2. The maximum absolute atomic E-state index is 11.5. The van der Waals surface area contributed by atoms with E-state index in [1.807, 2.05) is 0 Å². The fraction of sp³-hybridized carbons (Fsp3) is 0.278. The molecule has 0 unspecified atom stereocenters. The van der Waals surface area contributed by atoms with Crippen LogP contribution in [-0.4, -0.2) is 31.4 Å². The molecular weight excluding hydrogens is 367 g/mol. The Bertz CT molecular complexity index is 761. The lowest BCUT2D eigenvalue weighted by Gasteiger charge is -2.16. The first kappa shape index (κ1) is 19.4. The summed E-state index contributed by atoms with van der Waals surface area (Å²) in [5.74, 6) is -0.295. The summed E-state index contributed by atoms with van der Waals surface area (Å²) in [6, 6.07) is 8.10. The molecule has 25 heavy (non-hydrogen) atoms. The molecule has 0 aliphatic heterocycles. The lowest BCUT2D eigenvalue weighted by molar-refractivity contribution is 0.0691. The normalized spacial score (nSPS) is 10.6. The third kappa shape index (κ3) is 5.01. The van der Waals surface area contributed by atoms with Crippen LogP contribution in [0.25, 0.3) is 0 Å². The molecule has 0 fully saturated rings.